The largest absolute Gasteiger partial charge is 0.504 e. The summed E-state index contributed by atoms with van der Waals surface area (Å²) in [6.07, 6.45) is 3.00. The summed E-state index contributed by atoms with van der Waals surface area (Å²) < 4.78 is 11.5. The number of carbonyl (C=O) groups is 1. The second kappa shape index (κ2) is 5.88. The van der Waals surface area contributed by atoms with Crippen LogP contribution in [0.3, 0.4) is 0 Å². The highest BCUT2D eigenvalue weighted by Crippen LogP contribution is 2.70. The van der Waals surface area contributed by atoms with Crippen LogP contribution in [0.4, 0.5) is 0 Å². The van der Waals surface area contributed by atoms with Crippen LogP contribution in [-0.2, 0) is 9.53 Å². The quantitative estimate of drug-likeness (QED) is 0.868. The van der Waals surface area contributed by atoms with Crippen molar-refractivity contribution in [2.75, 3.05) is 13.7 Å². The molecule has 2 bridgehead atoms. The predicted octanol–water partition coefficient (Wildman–Crippen LogP) is 3.42. The molecular weight excluding hydrogens is 330 g/mol. The summed E-state index contributed by atoms with van der Waals surface area (Å²) in [5, 5.41) is 13.9. The maximum absolute atomic E-state index is 11.9. The van der Waals surface area contributed by atoms with Gasteiger partial charge in [-0.05, 0) is 48.0 Å². The molecule has 4 rings (SSSR count). The normalized spacial score (nSPS) is 37.2. The second-order valence-electron chi connectivity index (χ2n) is 8.87. The number of amides is 1. The summed E-state index contributed by atoms with van der Waals surface area (Å²) in [7, 11) is 1.56. The molecule has 5 atom stereocenters. The molecule has 0 radical (unpaired) electrons. The molecule has 1 saturated heterocycles. The van der Waals surface area contributed by atoms with Gasteiger partial charge in [-0.1, -0.05) is 26.0 Å². The Hall–Kier alpha value is -1.75. The topological polar surface area (TPSA) is 67.8 Å². The smallest absolute Gasteiger partial charge is 0.217 e. The molecule has 3 fully saturated rings. The van der Waals surface area contributed by atoms with Gasteiger partial charge in [0.15, 0.2) is 11.5 Å². The lowest BCUT2D eigenvalue weighted by Gasteiger charge is -2.53. The first-order valence-corrected chi connectivity index (χ1v) is 9.56. The lowest BCUT2D eigenvalue weighted by Crippen LogP contribution is -2.58. The Kier molecular flexibility index (Phi) is 3.99. The van der Waals surface area contributed by atoms with Crippen LogP contribution in [0.2, 0.25) is 0 Å². The lowest BCUT2D eigenvalue weighted by atomic mass is 9.58. The summed E-state index contributed by atoms with van der Waals surface area (Å²) >= 11 is 0. The van der Waals surface area contributed by atoms with Crippen molar-refractivity contribution in [3.63, 3.8) is 0 Å². The van der Waals surface area contributed by atoms with E-state index in [0.29, 0.717) is 24.2 Å². The molecule has 26 heavy (non-hydrogen) atoms. The van der Waals surface area contributed by atoms with Gasteiger partial charge in [-0.15, -0.1) is 0 Å². The van der Waals surface area contributed by atoms with Crippen molar-refractivity contribution in [3.8, 4) is 11.5 Å². The molecule has 1 amide bonds. The van der Waals surface area contributed by atoms with Crippen LogP contribution in [0.5, 0.6) is 11.5 Å². The van der Waals surface area contributed by atoms with Gasteiger partial charge in [0, 0.05) is 25.1 Å². The van der Waals surface area contributed by atoms with Gasteiger partial charge in [-0.3, -0.25) is 4.79 Å². The van der Waals surface area contributed by atoms with Crippen molar-refractivity contribution in [2.45, 2.75) is 52.2 Å². The van der Waals surface area contributed by atoms with E-state index in [1.807, 2.05) is 12.1 Å². The molecule has 0 unspecified atom stereocenters. The summed E-state index contributed by atoms with van der Waals surface area (Å²) in [5.41, 5.74) is 0.930. The number of hydrogen-bond acceptors (Lipinski definition) is 4. The zero-order valence-corrected chi connectivity index (χ0v) is 16.0. The van der Waals surface area contributed by atoms with E-state index in [1.54, 1.807) is 20.1 Å². The maximum Gasteiger partial charge on any atom is 0.217 e. The van der Waals surface area contributed by atoms with Crippen molar-refractivity contribution in [3.05, 3.63) is 23.8 Å². The average Bonchev–Trinajstić information content (AvgIpc) is 3.08. The number of para-hydroxylation sites is 1. The number of fused-ring (bicyclic) bond motifs is 1. The monoisotopic (exact) mass is 359 g/mol. The van der Waals surface area contributed by atoms with Crippen LogP contribution in [0.25, 0.3) is 0 Å². The fourth-order valence-corrected chi connectivity index (χ4v) is 6.23. The second-order valence-corrected chi connectivity index (χ2v) is 8.87. The van der Waals surface area contributed by atoms with Crippen molar-refractivity contribution >= 4 is 5.91 Å². The summed E-state index contributed by atoms with van der Waals surface area (Å²) in [4.78, 5) is 11.9. The summed E-state index contributed by atoms with van der Waals surface area (Å²) in [6.45, 7) is 6.84. The van der Waals surface area contributed by atoms with Crippen LogP contribution in [0.1, 0.15) is 51.7 Å². The van der Waals surface area contributed by atoms with Gasteiger partial charge >= 0.3 is 0 Å². The van der Waals surface area contributed by atoms with Gasteiger partial charge < -0.3 is 19.9 Å². The van der Waals surface area contributed by atoms with Gasteiger partial charge in [-0.25, -0.2) is 0 Å². The van der Waals surface area contributed by atoms with Gasteiger partial charge in [-0.2, -0.15) is 0 Å². The fourth-order valence-electron chi connectivity index (χ4n) is 6.23. The highest BCUT2D eigenvalue weighted by atomic mass is 16.5. The van der Waals surface area contributed by atoms with Gasteiger partial charge in [0.25, 0.3) is 0 Å². The van der Waals surface area contributed by atoms with E-state index in [-0.39, 0.29) is 34.6 Å². The Morgan fingerprint density at radius 1 is 1.38 bits per heavy atom. The molecule has 1 aliphatic heterocycles. The first-order chi connectivity index (χ1) is 12.3. The minimum atomic E-state index is -0.156. The minimum absolute atomic E-state index is 0.0380. The van der Waals surface area contributed by atoms with Crippen molar-refractivity contribution < 1.29 is 19.4 Å². The van der Waals surface area contributed by atoms with Crippen LogP contribution in [0, 0.1) is 22.7 Å². The number of phenolic OH excluding ortho intramolecular Hbond substituents is 1. The molecule has 5 heteroatoms. The number of benzene rings is 1. The van der Waals surface area contributed by atoms with Crippen LogP contribution in [0.15, 0.2) is 18.2 Å². The number of carbonyl (C=O) groups excluding carboxylic acids is 1. The SMILES string of the molecule is COc1cccc([C@H]2OCC[C@@]34C[C@@H](C[C@H]23)C(C)(C)[C@@H]4NC(C)=O)c1O. The Morgan fingerprint density at radius 3 is 2.85 bits per heavy atom. The Balaban J connectivity index is 1.74. The van der Waals surface area contributed by atoms with Crippen LogP contribution < -0.4 is 10.1 Å². The van der Waals surface area contributed by atoms with E-state index in [0.717, 1.165) is 24.8 Å². The van der Waals surface area contributed by atoms with E-state index < -0.39 is 0 Å². The number of methoxy groups -OCH3 is 1. The number of hydrogen-bond donors (Lipinski definition) is 2. The van der Waals surface area contributed by atoms with Crippen LogP contribution in [-0.4, -0.2) is 30.8 Å². The number of rotatable bonds is 3. The number of phenols is 1. The molecule has 0 aromatic heterocycles. The molecule has 5 nitrogen and oxygen atoms in total. The standard InChI is InChI=1S/C21H29NO4/c1-12(23)22-19-20(2,3)13-10-15-18(26-9-8-21(15,19)11-13)14-6-5-7-16(25-4)17(14)24/h5-7,13,15,18-19,24H,8-11H2,1-4H3,(H,22,23)/t13-,15-,18-,19+,21-/m1/s1. The highest BCUT2D eigenvalue weighted by molar-refractivity contribution is 5.73. The van der Waals surface area contributed by atoms with E-state index in [1.165, 1.54) is 0 Å². The molecule has 142 valence electrons. The lowest BCUT2D eigenvalue weighted by molar-refractivity contribution is -0.136. The summed E-state index contributed by atoms with van der Waals surface area (Å²) in [5.74, 6) is 1.55. The number of ether oxygens (including phenoxy) is 2. The molecule has 2 aliphatic carbocycles. The van der Waals surface area contributed by atoms with E-state index in [9.17, 15) is 9.90 Å². The molecular formula is C21H29NO4. The maximum atomic E-state index is 11.9. The van der Waals surface area contributed by atoms with Crippen molar-refractivity contribution in [2.24, 2.45) is 22.7 Å². The Labute approximate surface area is 155 Å². The zero-order valence-electron chi connectivity index (χ0n) is 16.0. The third-order valence-electron chi connectivity index (χ3n) is 7.41. The van der Waals surface area contributed by atoms with Crippen molar-refractivity contribution in [1.82, 2.24) is 5.32 Å². The molecule has 2 N–H and O–H groups in total. The predicted molar refractivity (Wildman–Crippen MR) is 98.0 cm³/mol. The van der Waals surface area contributed by atoms with Crippen molar-refractivity contribution in [1.29, 1.82) is 0 Å². The van der Waals surface area contributed by atoms with Crippen LogP contribution >= 0.6 is 0 Å². The molecule has 2 saturated carbocycles. The average molecular weight is 359 g/mol. The molecule has 3 aliphatic rings. The zero-order chi connectivity index (χ0) is 18.7. The van der Waals surface area contributed by atoms with Gasteiger partial charge in [0.2, 0.25) is 5.91 Å². The highest BCUT2D eigenvalue weighted by Gasteiger charge is 2.68. The first kappa shape index (κ1) is 17.7. The molecule has 1 aromatic rings. The third kappa shape index (κ3) is 2.29. The van der Waals surface area contributed by atoms with E-state index >= 15 is 0 Å². The van der Waals surface area contributed by atoms with Gasteiger partial charge in [0.05, 0.1) is 13.2 Å². The first-order valence-electron chi connectivity index (χ1n) is 9.56. The Bertz CT molecular complexity index is 731. The fraction of sp³-hybridized carbons (Fsp3) is 0.667. The van der Waals surface area contributed by atoms with E-state index in [4.69, 9.17) is 9.47 Å². The molecule has 1 heterocycles. The third-order valence-corrected chi connectivity index (χ3v) is 7.41. The molecule has 1 aromatic carbocycles. The Morgan fingerprint density at radius 2 is 2.15 bits per heavy atom. The molecule has 1 spiro atoms. The van der Waals surface area contributed by atoms with E-state index in [2.05, 4.69) is 19.2 Å². The summed E-state index contributed by atoms with van der Waals surface area (Å²) in [6, 6.07) is 5.75. The minimum Gasteiger partial charge on any atom is -0.504 e. The van der Waals surface area contributed by atoms with Gasteiger partial charge in [0.1, 0.15) is 0 Å². The number of aromatic hydroxyl groups is 1. The number of nitrogens with one attached hydrogen (secondary N) is 1.